The van der Waals surface area contributed by atoms with Crippen molar-refractivity contribution in [3.8, 4) is 0 Å². The number of aliphatic hydroxyl groups excluding tert-OH is 1. The number of alkyl halides is 1. The monoisotopic (exact) mass is 322 g/mol. The second-order valence-electron chi connectivity index (χ2n) is 7.30. The first kappa shape index (κ1) is 20.8. The number of ether oxygens (including phenoxy) is 2. The summed E-state index contributed by atoms with van der Waals surface area (Å²) in [4.78, 5) is 21.4. The molecular formula is C15H27FO6. The van der Waals surface area contributed by atoms with Crippen molar-refractivity contribution in [2.45, 2.75) is 66.5 Å². The van der Waals surface area contributed by atoms with Crippen LogP contribution < -0.4 is 0 Å². The van der Waals surface area contributed by atoms with Crippen LogP contribution >= 0.6 is 0 Å². The lowest BCUT2D eigenvalue weighted by molar-refractivity contribution is -0.162. The lowest BCUT2D eigenvalue weighted by Gasteiger charge is -2.18. The second kappa shape index (κ2) is 7.87. The molecule has 0 aliphatic carbocycles. The van der Waals surface area contributed by atoms with Gasteiger partial charge in [0.25, 0.3) is 0 Å². The normalized spacial score (nSPS) is 25.2. The van der Waals surface area contributed by atoms with Gasteiger partial charge in [0, 0.05) is 6.42 Å². The number of carboxylic acids is 1. The van der Waals surface area contributed by atoms with E-state index >= 15 is 0 Å². The number of halogens is 1. The smallest absolute Gasteiger partial charge is 0.311 e. The van der Waals surface area contributed by atoms with E-state index in [1.807, 2.05) is 0 Å². The molecule has 0 aromatic rings. The van der Waals surface area contributed by atoms with Gasteiger partial charge in [-0.15, -0.1) is 0 Å². The van der Waals surface area contributed by atoms with Gasteiger partial charge in [0.1, 0.15) is 6.61 Å². The lowest BCUT2D eigenvalue weighted by atomic mass is 9.97. The zero-order valence-electron chi connectivity index (χ0n) is 14.1. The summed E-state index contributed by atoms with van der Waals surface area (Å²) in [5, 5.41) is 17.2. The number of esters is 1. The Hall–Kier alpha value is -1.21. The molecule has 3 atom stereocenters. The summed E-state index contributed by atoms with van der Waals surface area (Å²) >= 11 is 0. The molecular weight excluding hydrogens is 295 g/mol. The van der Waals surface area contributed by atoms with Gasteiger partial charge in [0.2, 0.25) is 0 Å². The van der Waals surface area contributed by atoms with E-state index in [0.717, 1.165) is 0 Å². The van der Waals surface area contributed by atoms with Gasteiger partial charge in [0.05, 0.1) is 16.9 Å². The van der Waals surface area contributed by atoms with Crippen LogP contribution in [-0.2, 0) is 19.1 Å². The maximum Gasteiger partial charge on any atom is 0.311 e. The Morgan fingerprint density at radius 2 is 1.64 bits per heavy atom. The minimum Gasteiger partial charge on any atom is -0.481 e. The first-order valence-electron chi connectivity index (χ1n) is 7.13. The van der Waals surface area contributed by atoms with Gasteiger partial charge in [-0.3, -0.25) is 9.59 Å². The summed E-state index contributed by atoms with van der Waals surface area (Å²) < 4.78 is 22.6. The van der Waals surface area contributed by atoms with Crippen molar-refractivity contribution >= 4 is 11.9 Å². The third-order valence-corrected chi connectivity index (χ3v) is 2.78. The molecule has 2 N–H and O–H groups in total. The van der Waals surface area contributed by atoms with Crippen LogP contribution in [0.1, 0.15) is 48.0 Å². The molecule has 7 heteroatoms. The Morgan fingerprint density at radius 1 is 1.18 bits per heavy atom. The van der Waals surface area contributed by atoms with Crippen LogP contribution in [-0.4, -0.2) is 47.3 Å². The van der Waals surface area contributed by atoms with Gasteiger partial charge in [0.15, 0.2) is 12.5 Å². The standard InChI is InChI=1S/C10H17FO4.C5H10O2/c1-10(2,3)9(13)14-5-6-4-7(11)8(12)15-6;1-5(2,3)4(6)7/h6-8,12H,4-5H2,1-3H3;1-3H3,(H,6,7). The quantitative estimate of drug-likeness (QED) is 0.757. The van der Waals surface area contributed by atoms with E-state index in [-0.39, 0.29) is 19.0 Å². The molecule has 130 valence electrons. The number of aliphatic carboxylic acids is 1. The van der Waals surface area contributed by atoms with Gasteiger partial charge in [-0.25, -0.2) is 4.39 Å². The highest BCUT2D eigenvalue weighted by Crippen LogP contribution is 2.23. The molecule has 1 saturated heterocycles. The molecule has 22 heavy (non-hydrogen) atoms. The van der Waals surface area contributed by atoms with E-state index in [0.29, 0.717) is 0 Å². The highest BCUT2D eigenvalue weighted by atomic mass is 19.1. The number of carboxylic acid groups (broad SMARTS) is 1. The topological polar surface area (TPSA) is 93.1 Å². The Labute approximate surface area is 130 Å². The van der Waals surface area contributed by atoms with Crippen molar-refractivity contribution in [1.82, 2.24) is 0 Å². The van der Waals surface area contributed by atoms with E-state index in [4.69, 9.17) is 19.7 Å². The summed E-state index contributed by atoms with van der Waals surface area (Å²) in [7, 11) is 0. The number of hydrogen-bond donors (Lipinski definition) is 2. The summed E-state index contributed by atoms with van der Waals surface area (Å²) in [6.45, 7) is 10.2. The molecule has 3 unspecified atom stereocenters. The van der Waals surface area contributed by atoms with Crippen LogP contribution in [0.25, 0.3) is 0 Å². The lowest BCUT2D eigenvalue weighted by Crippen LogP contribution is -2.27. The minimum absolute atomic E-state index is 0.00637. The van der Waals surface area contributed by atoms with E-state index in [2.05, 4.69) is 0 Å². The van der Waals surface area contributed by atoms with Gasteiger partial charge in [-0.05, 0) is 41.5 Å². The predicted molar refractivity (Wildman–Crippen MR) is 77.9 cm³/mol. The van der Waals surface area contributed by atoms with E-state index in [1.54, 1.807) is 41.5 Å². The van der Waals surface area contributed by atoms with E-state index < -0.39 is 35.4 Å². The zero-order chi connectivity index (χ0) is 17.7. The van der Waals surface area contributed by atoms with Crippen molar-refractivity contribution in [3.05, 3.63) is 0 Å². The predicted octanol–water partition coefficient (Wildman–Crippen LogP) is 2.14. The molecule has 0 aromatic carbocycles. The third kappa shape index (κ3) is 7.70. The molecule has 0 spiro atoms. The molecule has 0 aromatic heterocycles. The van der Waals surface area contributed by atoms with Crippen LogP contribution in [0.15, 0.2) is 0 Å². The van der Waals surface area contributed by atoms with Crippen molar-refractivity contribution in [2.75, 3.05) is 6.61 Å². The first-order chi connectivity index (χ1) is 9.75. The van der Waals surface area contributed by atoms with Crippen LogP contribution in [0.4, 0.5) is 4.39 Å². The van der Waals surface area contributed by atoms with Gasteiger partial charge in [-0.1, -0.05) is 0 Å². The van der Waals surface area contributed by atoms with E-state index in [1.165, 1.54) is 0 Å². The molecule has 1 fully saturated rings. The Kier molecular flexibility index (Phi) is 7.44. The number of hydrogen-bond acceptors (Lipinski definition) is 5. The molecule has 1 rings (SSSR count). The maximum atomic E-state index is 12.8. The van der Waals surface area contributed by atoms with Gasteiger partial charge < -0.3 is 19.7 Å². The van der Waals surface area contributed by atoms with Crippen molar-refractivity contribution < 1.29 is 33.7 Å². The molecule has 1 heterocycles. The van der Waals surface area contributed by atoms with Crippen molar-refractivity contribution in [1.29, 1.82) is 0 Å². The average molecular weight is 322 g/mol. The molecule has 0 saturated carbocycles. The summed E-state index contributed by atoms with van der Waals surface area (Å²) in [5.74, 6) is -1.12. The zero-order valence-corrected chi connectivity index (χ0v) is 14.1. The fraction of sp³-hybridized carbons (Fsp3) is 0.867. The third-order valence-electron chi connectivity index (χ3n) is 2.78. The summed E-state index contributed by atoms with van der Waals surface area (Å²) in [6.07, 6.45) is -3.24. The van der Waals surface area contributed by atoms with Crippen LogP contribution in [0.3, 0.4) is 0 Å². The minimum atomic E-state index is -1.39. The maximum absolute atomic E-state index is 12.8. The second-order valence-corrected chi connectivity index (χ2v) is 7.30. The van der Waals surface area contributed by atoms with Crippen molar-refractivity contribution in [2.24, 2.45) is 10.8 Å². The molecule has 0 radical (unpaired) electrons. The van der Waals surface area contributed by atoms with Gasteiger partial charge in [-0.2, -0.15) is 0 Å². The number of aliphatic hydroxyl groups is 1. The fourth-order valence-electron chi connectivity index (χ4n) is 1.20. The van der Waals surface area contributed by atoms with Crippen molar-refractivity contribution in [3.63, 3.8) is 0 Å². The van der Waals surface area contributed by atoms with E-state index in [9.17, 15) is 14.0 Å². The fourth-order valence-corrected chi connectivity index (χ4v) is 1.20. The SMILES string of the molecule is CC(C)(C)C(=O)O.CC(C)(C)C(=O)OCC1CC(F)C(O)O1. The van der Waals surface area contributed by atoms with Gasteiger partial charge >= 0.3 is 11.9 Å². The van der Waals surface area contributed by atoms with Crippen LogP contribution in [0.5, 0.6) is 0 Å². The Bertz CT molecular complexity index is 372. The molecule has 0 bridgehead atoms. The molecule has 1 aliphatic rings. The Morgan fingerprint density at radius 3 is 1.91 bits per heavy atom. The summed E-state index contributed by atoms with van der Waals surface area (Å²) in [5.41, 5.74) is -1.16. The highest BCUT2D eigenvalue weighted by molar-refractivity contribution is 5.75. The largest absolute Gasteiger partial charge is 0.481 e. The number of carbonyl (C=O) groups is 2. The first-order valence-corrected chi connectivity index (χ1v) is 7.13. The molecule has 6 nitrogen and oxygen atoms in total. The Balaban J connectivity index is 0.000000534. The summed E-state index contributed by atoms with van der Waals surface area (Å²) in [6, 6.07) is 0. The molecule has 0 amide bonds. The molecule has 1 aliphatic heterocycles. The number of carbonyl (C=O) groups excluding carboxylic acids is 1. The van der Waals surface area contributed by atoms with Crippen LogP contribution in [0.2, 0.25) is 0 Å². The average Bonchev–Trinajstić information content (AvgIpc) is 2.64. The number of rotatable bonds is 2. The highest BCUT2D eigenvalue weighted by Gasteiger charge is 2.35. The van der Waals surface area contributed by atoms with Crippen LogP contribution in [0, 0.1) is 10.8 Å².